The van der Waals surface area contributed by atoms with Crippen molar-refractivity contribution in [1.82, 2.24) is 19.3 Å². The normalized spacial score (nSPS) is 10.9. The molecular formula is C10H11F2N5O. The first-order chi connectivity index (χ1) is 8.49. The molecule has 2 rings (SSSR count). The van der Waals surface area contributed by atoms with Crippen LogP contribution in [0.4, 0.5) is 14.5 Å². The van der Waals surface area contributed by atoms with Crippen molar-refractivity contribution in [3.8, 4) is 0 Å². The number of rotatable bonds is 3. The van der Waals surface area contributed by atoms with Crippen LogP contribution < -0.4 is 5.32 Å². The minimum absolute atomic E-state index is 0.00120. The molecule has 0 unspecified atom stereocenters. The topological polar surface area (TPSA) is 64.7 Å². The number of aromatic nitrogens is 4. The summed E-state index contributed by atoms with van der Waals surface area (Å²) in [4.78, 5) is 15.6. The van der Waals surface area contributed by atoms with E-state index in [-0.39, 0.29) is 11.4 Å². The van der Waals surface area contributed by atoms with Crippen LogP contribution >= 0.6 is 0 Å². The molecule has 0 aliphatic rings. The van der Waals surface area contributed by atoms with Gasteiger partial charge in [-0.1, -0.05) is 0 Å². The molecule has 6 nitrogen and oxygen atoms in total. The summed E-state index contributed by atoms with van der Waals surface area (Å²) >= 11 is 0. The number of carbonyl (C=O) groups is 1. The van der Waals surface area contributed by atoms with E-state index in [9.17, 15) is 13.6 Å². The monoisotopic (exact) mass is 255 g/mol. The molecule has 2 aromatic heterocycles. The number of aryl methyl sites for hydroxylation is 2. The lowest BCUT2D eigenvalue weighted by molar-refractivity contribution is 0.101. The minimum atomic E-state index is -2.74. The highest BCUT2D eigenvalue weighted by molar-refractivity contribution is 6.03. The number of carbonyl (C=O) groups excluding carboxylic acids is 1. The smallest absolute Gasteiger partial charge is 0.284 e. The molecule has 0 radical (unpaired) electrons. The van der Waals surface area contributed by atoms with E-state index in [1.54, 1.807) is 7.05 Å². The maximum atomic E-state index is 12.7. The molecule has 2 aromatic rings. The Kier molecular flexibility index (Phi) is 3.09. The first-order valence-corrected chi connectivity index (χ1v) is 5.08. The SMILES string of the molecule is Cn1cc(NC(=O)c2cncn2C)c(C(F)F)n1. The Morgan fingerprint density at radius 2 is 2.17 bits per heavy atom. The van der Waals surface area contributed by atoms with Crippen LogP contribution in [-0.4, -0.2) is 25.2 Å². The number of hydrogen-bond acceptors (Lipinski definition) is 3. The Morgan fingerprint density at radius 1 is 1.44 bits per heavy atom. The van der Waals surface area contributed by atoms with E-state index in [4.69, 9.17) is 0 Å². The number of anilines is 1. The van der Waals surface area contributed by atoms with Gasteiger partial charge in [0.2, 0.25) is 0 Å². The summed E-state index contributed by atoms with van der Waals surface area (Å²) in [6, 6.07) is 0. The number of nitrogens with one attached hydrogen (secondary N) is 1. The summed E-state index contributed by atoms with van der Waals surface area (Å²) < 4.78 is 28.1. The highest BCUT2D eigenvalue weighted by Crippen LogP contribution is 2.25. The first-order valence-electron chi connectivity index (χ1n) is 5.08. The number of halogens is 2. The van der Waals surface area contributed by atoms with Crippen molar-refractivity contribution in [3.63, 3.8) is 0 Å². The van der Waals surface area contributed by atoms with Crippen LogP contribution in [0.3, 0.4) is 0 Å². The number of nitrogens with zero attached hydrogens (tertiary/aromatic N) is 4. The highest BCUT2D eigenvalue weighted by Gasteiger charge is 2.20. The van der Waals surface area contributed by atoms with Crippen molar-refractivity contribution >= 4 is 11.6 Å². The summed E-state index contributed by atoms with van der Waals surface area (Å²) in [5, 5.41) is 5.99. The van der Waals surface area contributed by atoms with Gasteiger partial charge >= 0.3 is 0 Å². The predicted octanol–water partition coefficient (Wildman–Crippen LogP) is 1.34. The van der Waals surface area contributed by atoms with Crippen molar-refractivity contribution < 1.29 is 13.6 Å². The molecule has 8 heteroatoms. The molecule has 0 bridgehead atoms. The van der Waals surface area contributed by atoms with Crippen LogP contribution in [0.25, 0.3) is 0 Å². The van der Waals surface area contributed by atoms with Crippen LogP contribution in [0.1, 0.15) is 22.6 Å². The van der Waals surface area contributed by atoms with Gasteiger partial charge in [0.25, 0.3) is 12.3 Å². The summed E-state index contributed by atoms with van der Waals surface area (Å²) in [6.45, 7) is 0. The Balaban J connectivity index is 2.24. The van der Waals surface area contributed by atoms with Gasteiger partial charge in [0, 0.05) is 20.3 Å². The predicted molar refractivity (Wildman–Crippen MR) is 59.3 cm³/mol. The Bertz CT molecular complexity index is 575. The number of imidazole rings is 1. The molecule has 0 spiro atoms. The second-order valence-corrected chi connectivity index (χ2v) is 3.75. The molecule has 0 aliphatic carbocycles. The van der Waals surface area contributed by atoms with E-state index in [1.807, 2.05) is 0 Å². The molecule has 0 fully saturated rings. The molecule has 18 heavy (non-hydrogen) atoms. The molecular weight excluding hydrogens is 244 g/mol. The zero-order chi connectivity index (χ0) is 13.3. The second kappa shape index (κ2) is 4.55. The van der Waals surface area contributed by atoms with Crippen molar-refractivity contribution in [2.75, 3.05) is 5.32 Å². The third-order valence-electron chi connectivity index (χ3n) is 2.36. The number of amides is 1. The van der Waals surface area contributed by atoms with Crippen LogP contribution in [0.5, 0.6) is 0 Å². The van der Waals surface area contributed by atoms with Crippen LogP contribution in [0.2, 0.25) is 0 Å². The largest absolute Gasteiger partial charge is 0.330 e. The zero-order valence-electron chi connectivity index (χ0n) is 9.76. The standard InChI is InChI=1S/C10H11F2N5O/c1-16-5-13-3-7(16)10(18)14-6-4-17(2)15-8(6)9(11)12/h3-5,9H,1-2H3,(H,14,18). The van der Waals surface area contributed by atoms with E-state index in [2.05, 4.69) is 15.4 Å². The zero-order valence-corrected chi connectivity index (χ0v) is 9.76. The van der Waals surface area contributed by atoms with Gasteiger partial charge in [-0.05, 0) is 0 Å². The summed E-state index contributed by atoms with van der Waals surface area (Å²) in [7, 11) is 3.14. The van der Waals surface area contributed by atoms with E-state index in [0.29, 0.717) is 0 Å². The molecule has 2 heterocycles. The van der Waals surface area contributed by atoms with Crippen molar-refractivity contribution in [3.05, 3.63) is 30.1 Å². The number of hydrogen-bond donors (Lipinski definition) is 1. The van der Waals surface area contributed by atoms with Crippen LogP contribution in [0.15, 0.2) is 18.7 Å². The first kappa shape index (κ1) is 12.2. The molecule has 0 atom stereocenters. The molecule has 1 N–H and O–H groups in total. The maximum Gasteiger partial charge on any atom is 0.284 e. The lowest BCUT2D eigenvalue weighted by atomic mass is 10.3. The summed E-state index contributed by atoms with van der Waals surface area (Å²) in [5.74, 6) is -0.509. The lowest BCUT2D eigenvalue weighted by Crippen LogP contribution is -2.16. The third kappa shape index (κ3) is 2.22. The van der Waals surface area contributed by atoms with Gasteiger partial charge in [0.1, 0.15) is 5.69 Å². The second-order valence-electron chi connectivity index (χ2n) is 3.75. The fourth-order valence-corrected chi connectivity index (χ4v) is 1.53. The molecule has 96 valence electrons. The van der Waals surface area contributed by atoms with Gasteiger partial charge < -0.3 is 9.88 Å². The molecule has 0 aliphatic heterocycles. The molecule has 0 aromatic carbocycles. The average Bonchev–Trinajstić information content (AvgIpc) is 2.84. The van der Waals surface area contributed by atoms with Crippen LogP contribution in [0, 0.1) is 0 Å². The van der Waals surface area contributed by atoms with E-state index in [1.165, 1.54) is 35.0 Å². The van der Waals surface area contributed by atoms with Gasteiger partial charge in [-0.3, -0.25) is 9.48 Å². The van der Waals surface area contributed by atoms with Gasteiger partial charge in [0.05, 0.1) is 18.2 Å². The van der Waals surface area contributed by atoms with Crippen molar-refractivity contribution in [2.45, 2.75) is 6.43 Å². The van der Waals surface area contributed by atoms with Gasteiger partial charge in [0.15, 0.2) is 5.69 Å². The Hall–Kier alpha value is -2.25. The molecule has 0 saturated heterocycles. The highest BCUT2D eigenvalue weighted by atomic mass is 19.3. The van der Waals surface area contributed by atoms with Crippen molar-refractivity contribution in [1.29, 1.82) is 0 Å². The quantitative estimate of drug-likeness (QED) is 0.900. The summed E-state index contributed by atoms with van der Waals surface area (Å²) in [5.41, 5.74) is -0.175. The van der Waals surface area contributed by atoms with Gasteiger partial charge in [-0.15, -0.1) is 0 Å². The van der Waals surface area contributed by atoms with Crippen LogP contribution in [-0.2, 0) is 14.1 Å². The fourth-order valence-electron chi connectivity index (χ4n) is 1.53. The lowest BCUT2D eigenvalue weighted by Gasteiger charge is -2.04. The van der Waals surface area contributed by atoms with Crippen molar-refractivity contribution in [2.24, 2.45) is 14.1 Å². The average molecular weight is 255 g/mol. The summed E-state index contributed by atoms with van der Waals surface area (Å²) in [6.07, 6.45) is 1.39. The fraction of sp³-hybridized carbons (Fsp3) is 0.300. The molecule has 0 saturated carbocycles. The van der Waals surface area contributed by atoms with E-state index >= 15 is 0 Å². The third-order valence-corrected chi connectivity index (χ3v) is 2.36. The van der Waals surface area contributed by atoms with Gasteiger partial charge in [-0.2, -0.15) is 5.10 Å². The maximum absolute atomic E-state index is 12.7. The van der Waals surface area contributed by atoms with E-state index in [0.717, 1.165) is 0 Å². The number of alkyl halides is 2. The Morgan fingerprint density at radius 3 is 2.72 bits per heavy atom. The van der Waals surface area contributed by atoms with E-state index < -0.39 is 18.0 Å². The Labute approximate surface area is 101 Å². The molecule has 1 amide bonds. The van der Waals surface area contributed by atoms with Gasteiger partial charge in [-0.25, -0.2) is 13.8 Å². The minimum Gasteiger partial charge on any atom is -0.330 e.